The number of fused-ring (bicyclic) bond motifs is 1. The second-order valence-corrected chi connectivity index (χ2v) is 4.78. The Bertz CT molecular complexity index is 762. The van der Waals surface area contributed by atoms with Gasteiger partial charge in [0.25, 0.3) is 5.91 Å². The smallest absolute Gasteiger partial charge is 0.291 e. The number of aliphatic hydroxyl groups is 1. The van der Waals surface area contributed by atoms with Crippen molar-refractivity contribution in [1.29, 1.82) is 0 Å². The zero-order valence-corrected chi connectivity index (χ0v) is 11.4. The predicted octanol–water partition coefficient (Wildman–Crippen LogP) is 3.22. The van der Waals surface area contributed by atoms with E-state index in [2.05, 4.69) is 5.32 Å². The molecule has 0 atom stereocenters. The van der Waals surface area contributed by atoms with Crippen molar-refractivity contribution in [2.45, 2.75) is 6.42 Å². The summed E-state index contributed by atoms with van der Waals surface area (Å²) in [6.07, 6.45) is 0.590. The van der Waals surface area contributed by atoms with Crippen LogP contribution in [0.15, 0.2) is 59.0 Å². The van der Waals surface area contributed by atoms with Crippen molar-refractivity contribution in [1.82, 2.24) is 0 Å². The number of hydrogen-bond donors (Lipinski definition) is 2. The molecule has 3 aromatic rings. The molecule has 0 spiro atoms. The molecule has 0 saturated heterocycles. The number of anilines is 1. The fourth-order valence-corrected chi connectivity index (χ4v) is 2.20. The van der Waals surface area contributed by atoms with Gasteiger partial charge in [-0.1, -0.05) is 24.3 Å². The second-order valence-electron chi connectivity index (χ2n) is 4.78. The summed E-state index contributed by atoms with van der Waals surface area (Å²) in [5, 5.41) is 12.6. The minimum atomic E-state index is -0.277. The van der Waals surface area contributed by atoms with E-state index < -0.39 is 0 Å². The standard InChI is InChI=1S/C17H15NO3/c19-9-8-12-6-7-15-13(10-12)11-16(21-15)17(20)18-14-4-2-1-3-5-14/h1-7,10-11,19H,8-9H2,(H,18,20). The molecule has 0 aliphatic rings. The fraction of sp³-hybridized carbons (Fsp3) is 0.118. The van der Waals surface area contributed by atoms with Gasteiger partial charge in [-0.3, -0.25) is 4.79 Å². The zero-order chi connectivity index (χ0) is 14.7. The van der Waals surface area contributed by atoms with Crippen molar-refractivity contribution in [2.75, 3.05) is 11.9 Å². The first-order valence-corrected chi connectivity index (χ1v) is 6.76. The van der Waals surface area contributed by atoms with Gasteiger partial charge in [0.05, 0.1) is 0 Å². The van der Waals surface area contributed by atoms with Crippen LogP contribution in [0.2, 0.25) is 0 Å². The summed E-state index contributed by atoms with van der Waals surface area (Å²) in [5.41, 5.74) is 2.40. The molecule has 0 saturated carbocycles. The molecule has 0 aliphatic heterocycles. The van der Waals surface area contributed by atoms with Crippen LogP contribution in [0.1, 0.15) is 16.1 Å². The van der Waals surface area contributed by atoms with Crippen LogP contribution in [0.5, 0.6) is 0 Å². The lowest BCUT2D eigenvalue weighted by Crippen LogP contribution is -2.10. The summed E-state index contributed by atoms with van der Waals surface area (Å²) in [5.74, 6) is -0.00360. The topological polar surface area (TPSA) is 62.5 Å². The molecule has 1 heterocycles. The van der Waals surface area contributed by atoms with Crippen LogP contribution in [0.4, 0.5) is 5.69 Å². The fourth-order valence-electron chi connectivity index (χ4n) is 2.20. The molecule has 0 radical (unpaired) electrons. The first-order valence-electron chi connectivity index (χ1n) is 6.76. The molecule has 3 rings (SSSR count). The van der Waals surface area contributed by atoms with Gasteiger partial charge in [0.1, 0.15) is 5.58 Å². The van der Waals surface area contributed by atoms with Crippen LogP contribution >= 0.6 is 0 Å². The highest BCUT2D eigenvalue weighted by molar-refractivity contribution is 6.04. The van der Waals surface area contributed by atoms with Crippen molar-refractivity contribution in [3.05, 3.63) is 65.9 Å². The lowest BCUT2D eigenvalue weighted by atomic mass is 10.1. The Hall–Kier alpha value is -2.59. The highest BCUT2D eigenvalue weighted by Gasteiger charge is 2.12. The van der Waals surface area contributed by atoms with E-state index in [0.29, 0.717) is 12.0 Å². The van der Waals surface area contributed by atoms with Gasteiger partial charge in [-0.25, -0.2) is 0 Å². The lowest BCUT2D eigenvalue weighted by Gasteiger charge is -2.01. The molecule has 0 bridgehead atoms. The van der Waals surface area contributed by atoms with Crippen LogP contribution in [-0.2, 0) is 6.42 Å². The van der Waals surface area contributed by atoms with Gasteiger partial charge in [-0.15, -0.1) is 0 Å². The molecule has 2 N–H and O–H groups in total. The van der Waals surface area contributed by atoms with Crippen molar-refractivity contribution in [2.24, 2.45) is 0 Å². The maximum Gasteiger partial charge on any atom is 0.291 e. The normalized spacial score (nSPS) is 10.7. The third-order valence-corrected chi connectivity index (χ3v) is 3.24. The van der Waals surface area contributed by atoms with Crippen LogP contribution in [0.3, 0.4) is 0 Å². The molecule has 1 aromatic heterocycles. The molecule has 2 aromatic carbocycles. The van der Waals surface area contributed by atoms with Crippen LogP contribution in [0.25, 0.3) is 11.0 Å². The molecule has 0 aliphatic carbocycles. The van der Waals surface area contributed by atoms with Gasteiger partial charge in [0, 0.05) is 17.7 Å². The molecular weight excluding hydrogens is 266 g/mol. The summed E-state index contributed by atoms with van der Waals surface area (Å²) in [6.45, 7) is 0.102. The third kappa shape index (κ3) is 2.95. The molecule has 0 fully saturated rings. The average Bonchev–Trinajstić information content (AvgIpc) is 2.92. The maximum absolute atomic E-state index is 12.1. The van der Waals surface area contributed by atoms with E-state index in [9.17, 15) is 4.79 Å². The lowest BCUT2D eigenvalue weighted by molar-refractivity contribution is 0.0998. The Labute approximate surface area is 122 Å². The van der Waals surface area contributed by atoms with Crippen LogP contribution < -0.4 is 5.32 Å². The predicted molar refractivity (Wildman–Crippen MR) is 81.4 cm³/mol. The van der Waals surface area contributed by atoms with Gasteiger partial charge in [-0.05, 0) is 42.3 Å². The Balaban J connectivity index is 1.85. The first-order chi connectivity index (χ1) is 10.3. The molecule has 4 nitrogen and oxygen atoms in total. The van der Waals surface area contributed by atoms with E-state index in [0.717, 1.165) is 16.6 Å². The summed E-state index contributed by atoms with van der Waals surface area (Å²) in [4.78, 5) is 12.1. The highest BCUT2D eigenvalue weighted by atomic mass is 16.3. The van der Waals surface area contributed by atoms with Gasteiger partial charge in [-0.2, -0.15) is 0 Å². The molecule has 0 unspecified atom stereocenters. The second kappa shape index (κ2) is 5.81. The third-order valence-electron chi connectivity index (χ3n) is 3.24. The van der Waals surface area contributed by atoms with Gasteiger partial charge in [0.15, 0.2) is 5.76 Å². The first kappa shape index (κ1) is 13.4. The summed E-state index contributed by atoms with van der Waals surface area (Å²) in [6, 6.07) is 16.6. The number of benzene rings is 2. The number of hydrogen-bond acceptors (Lipinski definition) is 3. The van der Waals surface area contributed by atoms with Crippen molar-refractivity contribution < 1.29 is 14.3 Å². The Morgan fingerprint density at radius 1 is 1.10 bits per heavy atom. The molecule has 1 amide bonds. The van der Waals surface area contributed by atoms with Gasteiger partial charge < -0.3 is 14.8 Å². The monoisotopic (exact) mass is 281 g/mol. The number of amides is 1. The quantitative estimate of drug-likeness (QED) is 0.771. The summed E-state index contributed by atoms with van der Waals surface area (Å²) < 4.78 is 5.56. The molecule has 106 valence electrons. The van der Waals surface area contributed by atoms with Gasteiger partial charge >= 0.3 is 0 Å². The van der Waals surface area contributed by atoms with E-state index in [1.54, 1.807) is 6.07 Å². The zero-order valence-electron chi connectivity index (χ0n) is 11.4. The van der Waals surface area contributed by atoms with Crippen LogP contribution in [-0.4, -0.2) is 17.6 Å². The average molecular weight is 281 g/mol. The largest absolute Gasteiger partial charge is 0.451 e. The van der Waals surface area contributed by atoms with Crippen molar-refractivity contribution >= 4 is 22.6 Å². The number of nitrogens with one attached hydrogen (secondary N) is 1. The maximum atomic E-state index is 12.1. The van der Waals surface area contributed by atoms with Crippen LogP contribution in [0, 0.1) is 0 Å². The summed E-state index contributed by atoms with van der Waals surface area (Å²) >= 11 is 0. The Morgan fingerprint density at radius 2 is 1.90 bits per heavy atom. The minimum absolute atomic E-state index is 0.102. The van der Waals surface area contributed by atoms with Crippen molar-refractivity contribution in [3.63, 3.8) is 0 Å². The van der Waals surface area contributed by atoms with E-state index in [1.807, 2.05) is 48.5 Å². The van der Waals surface area contributed by atoms with E-state index in [4.69, 9.17) is 9.52 Å². The SMILES string of the molecule is O=C(Nc1ccccc1)c1cc2cc(CCO)ccc2o1. The number of para-hydroxylation sites is 1. The Kier molecular flexibility index (Phi) is 3.71. The summed E-state index contributed by atoms with van der Waals surface area (Å²) in [7, 11) is 0. The molecule has 21 heavy (non-hydrogen) atoms. The number of carbonyl (C=O) groups is 1. The van der Waals surface area contributed by atoms with E-state index in [1.165, 1.54) is 0 Å². The molecular formula is C17H15NO3. The number of aliphatic hydroxyl groups excluding tert-OH is 1. The highest BCUT2D eigenvalue weighted by Crippen LogP contribution is 2.22. The number of rotatable bonds is 4. The molecule has 4 heteroatoms. The Morgan fingerprint density at radius 3 is 2.67 bits per heavy atom. The number of furan rings is 1. The van der Waals surface area contributed by atoms with E-state index in [-0.39, 0.29) is 18.3 Å². The minimum Gasteiger partial charge on any atom is -0.451 e. The van der Waals surface area contributed by atoms with Crippen molar-refractivity contribution in [3.8, 4) is 0 Å². The van der Waals surface area contributed by atoms with Gasteiger partial charge in [0.2, 0.25) is 0 Å². The van der Waals surface area contributed by atoms with E-state index >= 15 is 0 Å². The number of carbonyl (C=O) groups excluding carboxylic acids is 1.